The predicted octanol–water partition coefficient (Wildman–Crippen LogP) is 3.27. The molecule has 0 fully saturated rings. The Morgan fingerprint density at radius 3 is 2.09 bits per heavy atom. The van der Waals surface area contributed by atoms with Crippen LogP contribution in [0.2, 0.25) is 0 Å². The molecule has 5 nitrogen and oxygen atoms in total. The van der Waals surface area contributed by atoms with Crippen LogP contribution >= 0.6 is 0 Å². The lowest BCUT2D eigenvalue weighted by molar-refractivity contribution is 0.102. The summed E-state index contributed by atoms with van der Waals surface area (Å²) in [5.41, 5.74) is 2.15. The first-order valence-corrected chi connectivity index (χ1v) is 6.77. The number of carbonyl (C=O) groups is 1. The number of methoxy groups -OCH3 is 3. The van der Waals surface area contributed by atoms with E-state index in [2.05, 4.69) is 5.32 Å². The molecule has 2 rings (SSSR count). The molecule has 1 amide bonds. The van der Waals surface area contributed by atoms with Crippen molar-refractivity contribution in [2.45, 2.75) is 6.92 Å². The monoisotopic (exact) mass is 301 g/mol. The van der Waals surface area contributed by atoms with Gasteiger partial charge in [0.25, 0.3) is 5.91 Å². The molecule has 2 aromatic carbocycles. The highest BCUT2D eigenvalue weighted by molar-refractivity contribution is 6.04. The van der Waals surface area contributed by atoms with Crippen LogP contribution in [0.5, 0.6) is 17.2 Å². The van der Waals surface area contributed by atoms with E-state index in [-0.39, 0.29) is 5.91 Å². The van der Waals surface area contributed by atoms with Gasteiger partial charge in [-0.1, -0.05) is 0 Å². The molecule has 0 aliphatic carbocycles. The molecule has 0 unspecified atom stereocenters. The fourth-order valence-electron chi connectivity index (χ4n) is 2.14. The zero-order valence-electron chi connectivity index (χ0n) is 13.1. The maximum absolute atomic E-state index is 12.3. The van der Waals surface area contributed by atoms with Gasteiger partial charge in [-0.05, 0) is 48.9 Å². The summed E-state index contributed by atoms with van der Waals surface area (Å²) >= 11 is 0. The van der Waals surface area contributed by atoms with E-state index in [1.165, 1.54) is 7.11 Å². The lowest BCUT2D eigenvalue weighted by atomic mass is 10.1. The standard InChI is InChI=1S/C17H19NO4/c1-11-9-13(6-8-14(11)20-2)18-17(19)12-5-7-15(21-3)16(10-12)22-4/h5-10H,1-4H3,(H,18,19). The molecule has 0 aliphatic heterocycles. The number of benzene rings is 2. The van der Waals surface area contributed by atoms with Crippen LogP contribution in [-0.4, -0.2) is 27.2 Å². The minimum Gasteiger partial charge on any atom is -0.496 e. The topological polar surface area (TPSA) is 56.8 Å². The molecule has 2 aromatic rings. The van der Waals surface area contributed by atoms with Crippen LogP contribution in [0, 0.1) is 6.92 Å². The van der Waals surface area contributed by atoms with Crippen molar-refractivity contribution < 1.29 is 19.0 Å². The molecule has 0 radical (unpaired) electrons. The van der Waals surface area contributed by atoms with E-state index in [1.807, 2.05) is 19.1 Å². The lowest BCUT2D eigenvalue weighted by Gasteiger charge is -2.11. The number of ether oxygens (including phenoxy) is 3. The molecule has 0 heterocycles. The fraction of sp³-hybridized carbons (Fsp3) is 0.235. The van der Waals surface area contributed by atoms with E-state index in [0.717, 1.165) is 11.3 Å². The molecule has 5 heteroatoms. The molecule has 1 N–H and O–H groups in total. The van der Waals surface area contributed by atoms with Gasteiger partial charge in [0, 0.05) is 11.3 Å². The Morgan fingerprint density at radius 2 is 1.50 bits per heavy atom. The van der Waals surface area contributed by atoms with Crippen molar-refractivity contribution in [3.05, 3.63) is 47.5 Å². The van der Waals surface area contributed by atoms with E-state index in [1.54, 1.807) is 38.5 Å². The number of rotatable bonds is 5. The Kier molecular flexibility index (Phi) is 4.88. The minimum absolute atomic E-state index is 0.217. The summed E-state index contributed by atoms with van der Waals surface area (Å²) in [6.07, 6.45) is 0. The zero-order chi connectivity index (χ0) is 16.1. The zero-order valence-corrected chi connectivity index (χ0v) is 13.1. The van der Waals surface area contributed by atoms with Crippen molar-refractivity contribution in [2.75, 3.05) is 26.6 Å². The number of aryl methyl sites for hydroxylation is 1. The first-order valence-electron chi connectivity index (χ1n) is 6.77. The Hall–Kier alpha value is -2.69. The summed E-state index contributed by atoms with van der Waals surface area (Å²) in [4.78, 5) is 12.3. The molecule has 0 aliphatic rings. The number of nitrogens with one attached hydrogen (secondary N) is 1. The van der Waals surface area contributed by atoms with E-state index in [9.17, 15) is 4.79 Å². The molecule has 116 valence electrons. The number of hydrogen-bond donors (Lipinski definition) is 1. The van der Waals surface area contributed by atoms with E-state index in [0.29, 0.717) is 22.7 Å². The van der Waals surface area contributed by atoms with Crippen molar-refractivity contribution in [3.63, 3.8) is 0 Å². The Morgan fingerprint density at radius 1 is 0.864 bits per heavy atom. The van der Waals surface area contributed by atoms with Crippen LogP contribution in [0.25, 0.3) is 0 Å². The van der Waals surface area contributed by atoms with Crippen molar-refractivity contribution in [2.24, 2.45) is 0 Å². The third-order valence-corrected chi connectivity index (χ3v) is 3.30. The van der Waals surface area contributed by atoms with Gasteiger partial charge in [-0.2, -0.15) is 0 Å². The van der Waals surface area contributed by atoms with Crippen LogP contribution in [-0.2, 0) is 0 Å². The minimum atomic E-state index is -0.217. The summed E-state index contributed by atoms with van der Waals surface area (Å²) < 4.78 is 15.6. The second-order valence-corrected chi connectivity index (χ2v) is 4.71. The van der Waals surface area contributed by atoms with Crippen LogP contribution in [0.15, 0.2) is 36.4 Å². The normalized spacial score (nSPS) is 10.0. The second-order valence-electron chi connectivity index (χ2n) is 4.71. The molecular weight excluding hydrogens is 282 g/mol. The SMILES string of the molecule is COc1ccc(NC(=O)c2ccc(OC)c(OC)c2)cc1C. The number of anilines is 1. The number of carbonyl (C=O) groups excluding carboxylic acids is 1. The van der Waals surface area contributed by atoms with Crippen LogP contribution in [0.1, 0.15) is 15.9 Å². The molecule has 0 bridgehead atoms. The molecule has 0 atom stereocenters. The maximum Gasteiger partial charge on any atom is 0.255 e. The first-order chi connectivity index (χ1) is 10.6. The van der Waals surface area contributed by atoms with Crippen LogP contribution in [0.3, 0.4) is 0 Å². The highest BCUT2D eigenvalue weighted by Crippen LogP contribution is 2.28. The van der Waals surface area contributed by atoms with Gasteiger partial charge in [-0.3, -0.25) is 4.79 Å². The maximum atomic E-state index is 12.3. The molecule has 0 aromatic heterocycles. The smallest absolute Gasteiger partial charge is 0.255 e. The van der Waals surface area contributed by atoms with Gasteiger partial charge in [-0.25, -0.2) is 0 Å². The fourth-order valence-corrected chi connectivity index (χ4v) is 2.14. The van der Waals surface area contributed by atoms with Crippen molar-refractivity contribution in [3.8, 4) is 17.2 Å². The van der Waals surface area contributed by atoms with Crippen molar-refractivity contribution >= 4 is 11.6 Å². The molecule has 22 heavy (non-hydrogen) atoms. The predicted molar refractivity (Wildman–Crippen MR) is 85.2 cm³/mol. The summed E-state index contributed by atoms with van der Waals surface area (Å²) in [5.74, 6) is 1.66. The lowest BCUT2D eigenvalue weighted by Crippen LogP contribution is -2.12. The summed E-state index contributed by atoms with van der Waals surface area (Å²) in [6, 6.07) is 10.5. The summed E-state index contributed by atoms with van der Waals surface area (Å²) in [6.45, 7) is 1.92. The molecule has 0 spiro atoms. The van der Waals surface area contributed by atoms with Gasteiger partial charge in [0.2, 0.25) is 0 Å². The van der Waals surface area contributed by atoms with E-state index in [4.69, 9.17) is 14.2 Å². The molecule has 0 saturated carbocycles. The van der Waals surface area contributed by atoms with Crippen molar-refractivity contribution in [1.29, 1.82) is 0 Å². The molecule has 0 saturated heterocycles. The molecular formula is C17H19NO4. The van der Waals surface area contributed by atoms with Crippen LogP contribution in [0.4, 0.5) is 5.69 Å². The van der Waals surface area contributed by atoms with Gasteiger partial charge in [0.05, 0.1) is 21.3 Å². The number of amides is 1. The average Bonchev–Trinajstić information content (AvgIpc) is 2.54. The van der Waals surface area contributed by atoms with Crippen LogP contribution < -0.4 is 19.5 Å². The summed E-state index contributed by atoms with van der Waals surface area (Å²) in [7, 11) is 4.70. The van der Waals surface area contributed by atoms with Crippen molar-refractivity contribution in [1.82, 2.24) is 0 Å². The highest BCUT2D eigenvalue weighted by Gasteiger charge is 2.11. The van der Waals surface area contributed by atoms with E-state index < -0.39 is 0 Å². The average molecular weight is 301 g/mol. The third kappa shape index (κ3) is 3.31. The Bertz CT molecular complexity index is 682. The largest absolute Gasteiger partial charge is 0.496 e. The van der Waals surface area contributed by atoms with Gasteiger partial charge < -0.3 is 19.5 Å². The van der Waals surface area contributed by atoms with Gasteiger partial charge >= 0.3 is 0 Å². The highest BCUT2D eigenvalue weighted by atomic mass is 16.5. The second kappa shape index (κ2) is 6.85. The van der Waals surface area contributed by atoms with Gasteiger partial charge in [0.15, 0.2) is 11.5 Å². The van der Waals surface area contributed by atoms with E-state index >= 15 is 0 Å². The first kappa shape index (κ1) is 15.7. The van der Waals surface area contributed by atoms with Gasteiger partial charge in [0.1, 0.15) is 5.75 Å². The summed E-state index contributed by atoms with van der Waals surface area (Å²) in [5, 5.41) is 2.85. The van der Waals surface area contributed by atoms with Gasteiger partial charge in [-0.15, -0.1) is 0 Å². The quantitative estimate of drug-likeness (QED) is 0.921. The third-order valence-electron chi connectivity index (χ3n) is 3.30. The number of hydrogen-bond acceptors (Lipinski definition) is 4. The Labute approximate surface area is 129 Å². The Balaban J connectivity index is 2.20.